The van der Waals surface area contributed by atoms with Crippen molar-refractivity contribution in [1.82, 2.24) is 24.8 Å². The summed E-state index contributed by atoms with van der Waals surface area (Å²) in [6, 6.07) is 27.6. The van der Waals surface area contributed by atoms with Gasteiger partial charge in [-0.1, -0.05) is 60.3 Å². The molecule has 5 rings (SSSR count). The first-order chi connectivity index (χ1) is 16.8. The maximum Gasteiger partial charge on any atom is 0.251 e. The molecular formula is C27H23N5OS. The lowest BCUT2D eigenvalue weighted by atomic mass is 10.1. The molecule has 3 aromatic heterocycles. The Hall–Kier alpha value is -3.97. The third-order valence-electron chi connectivity index (χ3n) is 5.39. The van der Waals surface area contributed by atoms with Gasteiger partial charge in [-0.25, -0.2) is 9.97 Å². The number of fused-ring (bicyclic) bond motifs is 1. The molecule has 6 nitrogen and oxygen atoms in total. The van der Waals surface area contributed by atoms with E-state index in [1.54, 1.807) is 24.2 Å². The standard InChI is InChI=1S/C27H23N5OS/c33-26(30-17-23-9-4-5-15-28-23)22-13-11-20(12-14-22)18-32-25-24(10-6-16-29-25)31-27(32)34-19-21-7-2-1-3-8-21/h1-16H,17-19H2,(H,30,33). The van der Waals surface area contributed by atoms with Gasteiger partial charge in [0.1, 0.15) is 5.52 Å². The van der Waals surface area contributed by atoms with Crippen LogP contribution >= 0.6 is 11.8 Å². The highest BCUT2D eigenvalue weighted by Gasteiger charge is 2.13. The summed E-state index contributed by atoms with van der Waals surface area (Å²) in [7, 11) is 0. The fraction of sp³-hybridized carbons (Fsp3) is 0.111. The molecule has 0 spiro atoms. The Kier molecular flexibility index (Phi) is 6.63. The SMILES string of the molecule is O=C(NCc1ccccn1)c1ccc(Cn2c(SCc3ccccc3)nc3cccnc32)cc1. The lowest BCUT2D eigenvalue weighted by Crippen LogP contribution is -2.23. The number of hydrogen-bond donors (Lipinski definition) is 1. The summed E-state index contributed by atoms with van der Waals surface area (Å²) >= 11 is 1.70. The van der Waals surface area contributed by atoms with Crippen molar-refractivity contribution in [3.63, 3.8) is 0 Å². The Morgan fingerprint density at radius 2 is 1.62 bits per heavy atom. The topological polar surface area (TPSA) is 72.7 Å². The van der Waals surface area contributed by atoms with Gasteiger partial charge in [-0.2, -0.15) is 0 Å². The van der Waals surface area contributed by atoms with E-state index >= 15 is 0 Å². The number of benzene rings is 2. The number of imidazole rings is 1. The lowest BCUT2D eigenvalue weighted by molar-refractivity contribution is 0.0950. The number of thioether (sulfide) groups is 1. The maximum absolute atomic E-state index is 12.5. The van der Waals surface area contributed by atoms with Crippen molar-refractivity contribution in [3.8, 4) is 0 Å². The Bertz CT molecular complexity index is 1390. The highest BCUT2D eigenvalue weighted by molar-refractivity contribution is 7.98. The Morgan fingerprint density at radius 3 is 2.41 bits per heavy atom. The minimum Gasteiger partial charge on any atom is -0.346 e. The number of nitrogens with zero attached hydrogens (tertiary/aromatic N) is 4. The Labute approximate surface area is 202 Å². The van der Waals surface area contributed by atoms with E-state index < -0.39 is 0 Å². The molecule has 2 aromatic carbocycles. The third kappa shape index (κ3) is 5.15. The molecule has 0 aliphatic rings. The highest BCUT2D eigenvalue weighted by atomic mass is 32.2. The van der Waals surface area contributed by atoms with Crippen LogP contribution in [0.2, 0.25) is 0 Å². The molecule has 0 atom stereocenters. The van der Waals surface area contributed by atoms with Crippen LogP contribution in [0, 0.1) is 0 Å². The Balaban J connectivity index is 1.31. The van der Waals surface area contributed by atoms with Gasteiger partial charge in [0.15, 0.2) is 10.8 Å². The number of carbonyl (C=O) groups excluding carboxylic acids is 1. The summed E-state index contributed by atoms with van der Waals surface area (Å²) < 4.78 is 2.14. The first-order valence-electron chi connectivity index (χ1n) is 11.0. The van der Waals surface area contributed by atoms with Crippen LogP contribution in [0.15, 0.2) is 102 Å². The van der Waals surface area contributed by atoms with Crippen molar-refractivity contribution >= 4 is 28.8 Å². The minimum atomic E-state index is -0.119. The van der Waals surface area contributed by atoms with Gasteiger partial charge in [-0.05, 0) is 47.5 Å². The van der Waals surface area contributed by atoms with E-state index in [0.717, 1.165) is 33.3 Å². The zero-order valence-corrected chi connectivity index (χ0v) is 19.3. The van der Waals surface area contributed by atoms with Crippen molar-refractivity contribution in [3.05, 3.63) is 120 Å². The molecule has 0 fully saturated rings. The molecule has 7 heteroatoms. The van der Waals surface area contributed by atoms with Gasteiger partial charge in [0, 0.05) is 23.7 Å². The summed E-state index contributed by atoms with van der Waals surface area (Å²) in [5, 5.41) is 3.84. The predicted molar refractivity (Wildman–Crippen MR) is 134 cm³/mol. The van der Waals surface area contributed by atoms with E-state index in [1.165, 1.54) is 5.56 Å². The molecule has 0 unspecified atom stereocenters. The molecule has 1 amide bonds. The molecule has 0 radical (unpaired) electrons. The number of pyridine rings is 2. The number of nitrogens with one attached hydrogen (secondary N) is 1. The zero-order valence-electron chi connectivity index (χ0n) is 18.5. The summed E-state index contributed by atoms with van der Waals surface area (Å²) in [6.07, 6.45) is 3.51. The average molecular weight is 466 g/mol. The largest absolute Gasteiger partial charge is 0.346 e. The summed E-state index contributed by atoms with van der Waals surface area (Å²) in [5.74, 6) is 0.713. The number of aromatic nitrogens is 4. The van der Waals surface area contributed by atoms with E-state index in [-0.39, 0.29) is 5.91 Å². The number of carbonyl (C=O) groups is 1. The van der Waals surface area contributed by atoms with Gasteiger partial charge >= 0.3 is 0 Å². The van der Waals surface area contributed by atoms with E-state index in [2.05, 4.69) is 44.1 Å². The number of amides is 1. The number of hydrogen-bond acceptors (Lipinski definition) is 5. The van der Waals surface area contributed by atoms with Crippen molar-refractivity contribution in [2.75, 3.05) is 0 Å². The quantitative estimate of drug-likeness (QED) is 0.323. The number of rotatable bonds is 8. The second-order valence-corrected chi connectivity index (χ2v) is 8.74. The molecule has 0 saturated heterocycles. The lowest BCUT2D eigenvalue weighted by Gasteiger charge is -2.10. The van der Waals surface area contributed by atoms with Crippen LogP contribution in [-0.4, -0.2) is 25.4 Å². The molecule has 0 aliphatic heterocycles. The van der Waals surface area contributed by atoms with E-state index in [9.17, 15) is 4.79 Å². The van der Waals surface area contributed by atoms with Crippen LogP contribution in [0.3, 0.4) is 0 Å². The summed E-state index contributed by atoms with van der Waals surface area (Å²) in [6.45, 7) is 1.02. The smallest absolute Gasteiger partial charge is 0.251 e. The van der Waals surface area contributed by atoms with Crippen molar-refractivity contribution in [2.45, 2.75) is 24.0 Å². The second-order valence-electron chi connectivity index (χ2n) is 7.80. The van der Waals surface area contributed by atoms with E-state index in [4.69, 9.17) is 4.98 Å². The molecule has 3 heterocycles. The molecule has 34 heavy (non-hydrogen) atoms. The predicted octanol–water partition coefficient (Wildman–Crippen LogP) is 5.10. The van der Waals surface area contributed by atoms with Gasteiger partial charge in [0.2, 0.25) is 0 Å². The van der Waals surface area contributed by atoms with Crippen LogP contribution in [0.1, 0.15) is 27.2 Å². The van der Waals surface area contributed by atoms with E-state index in [0.29, 0.717) is 18.7 Å². The normalized spacial score (nSPS) is 10.9. The van der Waals surface area contributed by atoms with Crippen LogP contribution < -0.4 is 5.32 Å². The van der Waals surface area contributed by atoms with Gasteiger partial charge in [0.05, 0.1) is 18.8 Å². The van der Waals surface area contributed by atoms with Gasteiger partial charge < -0.3 is 5.32 Å². The van der Waals surface area contributed by atoms with Crippen molar-refractivity contribution in [2.24, 2.45) is 0 Å². The van der Waals surface area contributed by atoms with Crippen molar-refractivity contribution < 1.29 is 4.79 Å². The van der Waals surface area contributed by atoms with E-state index in [1.807, 2.05) is 60.7 Å². The fourth-order valence-corrected chi connectivity index (χ4v) is 4.59. The second kappa shape index (κ2) is 10.3. The van der Waals surface area contributed by atoms with Crippen LogP contribution in [0.5, 0.6) is 0 Å². The summed E-state index contributed by atoms with van der Waals surface area (Å²) in [4.78, 5) is 26.1. The molecule has 0 aliphatic carbocycles. The van der Waals surface area contributed by atoms with Crippen molar-refractivity contribution in [1.29, 1.82) is 0 Å². The minimum absolute atomic E-state index is 0.119. The van der Waals surface area contributed by atoms with Gasteiger partial charge in [0.25, 0.3) is 5.91 Å². The first kappa shape index (κ1) is 21.9. The highest BCUT2D eigenvalue weighted by Crippen LogP contribution is 2.27. The average Bonchev–Trinajstić information content (AvgIpc) is 3.25. The fourth-order valence-electron chi connectivity index (χ4n) is 3.63. The molecule has 0 saturated carbocycles. The van der Waals surface area contributed by atoms with Crippen LogP contribution in [0.4, 0.5) is 0 Å². The first-order valence-corrected chi connectivity index (χ1v) is 12.0. The molecule has 168 valence electrons. The molecule has 1 N–H and O–H groups in total. The molecule has 5 aromatic rings. The summed E-state index contributed by atoms with van der Waals surface area (Å²) in [5.41, 5.74) is 5.51. The van der Waals surface area contributed by atoms with Crippen LogP contribution in [-0.2, 0) is 18.8 Å². The monoisotopic (exact) mass is 465 g/mol. The maximum atomic E-state index is 12.5. The molecular weight excluding hydrogens is 442 g/mol. The third-order valence-corrected chi connectivity index (χ3v) is 6.44. The Morgan fingerprint density at radius 1 is 0.824 bits per heavy atom. The molecule has 0 bridgehead atoms. The zero-order chi connectivity index (χ0) is 23.2. The van der Waals surface area contributed by atoms with Crippen LogP contribution in [0.25, 0.3) is 11.2 Å². The van der Waals surface area contributed by atoms with Gasteiger partial charge in [-0.3, -0.25) is 14.3 Å². The van der Waals surface area contributed by atoms with Gasteiger partial charge in [-0.15, -0.1) is 0 Å².